The van der Waals surface area contributed by atoms with Crippen molar-refractivity contribution in [3.05, 3.63) is 78.2 Å². The van der Waals surface area contributed by atoms with Gasteiger partial charge in [-0.3, -0.25) is 14.8 Å². The van der Waals surface area contributed by atoms with E-state index in [9.17, 15) is 9.59 Å². The van der Waals surface area contributed by atoms with Crippen LogP contribution in [0.15, 0.2) is 67.0 Å². The zero-order chi connectivity index (χ0) is 20.2. The van der Waals surface area contributed by atoms with Crippen molar-refractivity contribution in [3.63, 3.8) is 0 Å². The topological polar surface area (TPSA) is 94.1 Å². The number of aromatic nitrogens is 3. The molecule has 1 atom stereocenters. The molecule has 0 fully saturated rings. The number of carbonyl (C=O) groups excluding carboxylic acids is 2. The van der Waals surface area contributed by atoms with Crippen molar-refractivity contribution in [1.82, 2.24) is 20.3 Å². The van der Waals surface area contributed by atoms with E-state index in [0.717, 1.165) is 11.0 Å². The molecule has 2 aromatic heterocycles. The minimum absolute atomic E-state index is 0.166. The van der Waals surface area contributed by atoms with Crippen molar-refractivity contribution >= 4 is 33.8 Å². The molecule has 2 aromatic carbocycles. The van der Waals surface area contributed by atoms with Gasteiger partial charge in [0.15, 0.2) is 0 Å². The highest BCUT2D eigenvalue weighted by atomic mass is 16.5. The Balaban J connectivity index is 1.61. The van der Waals surface area contributed by atoms with Gasteiger partial charge in [-0.25, -0.2) is 9.78 Å². The van der Waals surface area contributed by atoms with Crippen LogP contribution in [0.2, 0.25) is 0 Å². The summed E-state index contributed by atoms with van der Waals surface area (Å²) in [5.74, 6) is -0.931. The number of rotatable bonds is 5. The molecule has 1 N–H and O–H groups in total. The molecule has 4 aromatic rings. The van der Waals surface area contributed by atoms with Crippen molar-refractivity contribution in [1.29, 1.82) is 0 Å². The van der Waals surface area contributed by atoms with E-state index in [1.807, 2.05) is 48.5 Å². The summed E-state index contributed by atoms with van der Waals surface area (Å²) < 4.78 is 4.88. The predicted octanol–water partition coefficient (Wildman–Crippen LogP) is 2.69. The molecular weight excluding hydrogens is 368 g/mol. The van der Waals surface area contributed by atoms with Crippen LogP contribution in [-0.2, 0) is 16.0 Å². The fourth-order valence-electron chi connectivity index (χ4n) is 3.17. The molecule has 0 radical (unpaired) electrons. The molecule has 29 heavy (non-hydrogen) atoms. The molecule has 0 aliphatic rings. The first-order valence-electron chi connectivity index (χ1n) is 9.09. The van der Waals surface area contributed by atoms with E-state index in [0.29, 0.717) is 22.2 Å². The quantitative estimate of drug-likeness (QED) is 0.530. The molecule has 7 nitrogen and oxygen atoms in total. The van der Waals surface area contributed by atoms with Crippen LogP contribution in [0.4, 0.5) is 0 Å². The normalized spacial score (nSPS) is 11.9. The summed E-state index contributed by atoms with van der Waals surface area (Å²) in [6, 6.07) is 15.5. The number of esters is 1. The fraction of sp³-hybridized carbons (Fsp3) is 0.136. The summed E-state index contributed by atoms with van der Waals surface area (Å²) in [4.78, 5) is 38.4. The number of benzene rings is 2. The monoisotopic (exact) mass is 386 g/mol. The standard InChI is InChI=1S/C22H18N4O3/c1-29-22(28)20(12-14-13-24-18-8-4-5-9-19(18)25-14)26-21(27)16-10-11-23-17-7-3-2-6-15(16)17/h2-11,13,20H,12H2,1H3,(H,26,27)/t20-/m1/s1. The number of amides is 1. The van der Waals surface area contributed by atoms with E-state index < -0.39 is 12.0 Å². The van der Waals surface area contributed by atoms with Gasteiger partial charge in [0, 0.05) is 24.2 Å². The molecule has 0 saturated carbocycles. The highest BCUT2D eigenvalue weighted by molar-refractivity contribution is 6.07. The van der Waals surface area contributed by atoms with Crippen LogP contribution >= 0.6 is 0 Å². The number of para-hydroxylation sites is 3. The van der Waals surface area contributed by atoms with Gasteiger partial charge in [0.2, 0.25) is 0 Å². The van der Waals surface area contributed by atoms with Crippen molar-refractivity contribution in [2.45, 2.75) is 12.5 Å². The Bertz CT molecular complexity index is 1200. The lowest BCUT2D eigenvalue weighted by atomic mass is 10.1. The first-order chi connectivity index (χ1) is 14.2. The molecule has 0 aliphatic carbocycles. The number of hydrogen-bond donors (Lipinski definition) is 1. The van der Waals surface area contributed by atoms with Crippen LogP contribution in [0.3, 0.4) is 0 Å². The summed E-state index contributed by atoms with van der Waals surface area (Å²) in [7, 11) is 1.29. The third kappa shape index (κ3) is 3.89. The van der Waals surface area contributed by atoms with Crippen LogP contribution in [0.1, 0.15) is 16.1 Å². The summed E-state index contributed by atoms with van der Waals surface area (Å²) in [6.45, 7) is 0. The minimum Gasteiger partial charge on any atom is -0.467 e. The highest BCUT2D eigenvalue weighted by Crippen LogP contribution is 2.17. The molecule has 0 saturated heterocycles. The second kappa shape index (κ2) is 8.02. The van der Waals surface area contributed by atoms with Crippen molar-refractivity contribution in [2.75, 3.05) is 7.11 Å². The smallest absolute Gasteiger partial charge is 0.328 e. The molecule has 0 spiro atoms. The largest absolute Gasteiger partial charge is 0.467 e. The van der Waals surface area contributed by atoms with Crippen molar-refractivity contribution < 1.29 is 14.3 Å². The Labute approximate surface area is 166 Å². The van der Waals surface area contributed by atoms with Gasteiger partial charge in [0.25, 0.3) is 5.91 Å². The van der Waals surface area contributed by atoms with Gasteiger partial charge in [-0.15, -0.1) is 0 Å². The summed E-state index contributed by atoms with van der Waals surface area (Å²) in [5.41, 5.74) is 3.21. The molecule has 0 bridgehead atoms. The summed E-state index contributed by atoms with van der Waals surface area (Å²) in [5, 5.41) is 3.47. The predicted molar refractivity (Wildman–Crippen MR) is 108 cm³/mol. The molecule has 0 unspecified atom stereocenters. The molecule has 144 valence electrons. The van der Waals surface area contributed by atoms with Crippen LogP contribution in [-0.4, -0.2) is 40.0 Å². The van der Waals surface area contributed by atoms with Crippen molar-refractivity contribution in [2.24, 2.45) is 0 Å². The van der Waals surface area contributed by atoms with E-state index in [1.165, 1.54) is 7.11 Å². The number of nitrogens with zero attached hydrogens (tertiary/aromatic N) is 3. The number of nitrogens with one attached hydrogen (secondary N) is 1. The second-order valence-electron chi connectivity index (χ2n) is 6.48. The van der Waals surface area contributed by atoms with E-state index in [4.69, 9.17) is 4.74 Å². The Morgan fingerprint density at radius 2 is 1.69 bits per heavy atom. The minimum atomic E-state index is -0.894. The number of carbonyl (C=O) groups is 2. The maximum absolute atomic E-state index is 12.9. The average molecular weight is 386 g/mol. The number of hydrogen-bond acceptors (Lipinski definition) is 6. The van der Waals surface area contributed by atoms with Gasteiger partial charge < -0.3 is 10.1 Å². The average Bonchev–Trinajstić information content (AvgIpc) is 2.77. The van der Waals surface area contributed by atoms with Crippen LogP contribution in [0.5, 0.6) is 0 Å². The molecule has 7 heteroatoms. The Morgan fingerprint density at radius 1 is 0.966 bits per heavy atom. The zero-order valence-corrected chi connectivity index (χ0v) is 15.7. The third-order valence-corrected chi connectivity index (χ3v) is 4.60. The maximum atomic E-state index is 12.9. The summed E-state index contributed by atoms with van der Waals surface area (Å²) >= 11 is 0. The van der Waals surface area contributed by atoms with Crippen LogP contribution in [0.25, 0.3) is 21.9 Å². The van der Waals surface area contributed by atoms with Gasteiger partial charge >= 0.3 is 5.97 Å². The van der Waals surface area contributed by atoms with E-state index in [1.54, 1.807) is 18.5 Å². The lowest BCUT2D eigenvalue weighted by Gasteiger charge is -2.17. The Kier molecular flexibility index (Phi) is 5.11. The lowest BCUT2D eigenvalue weighted by molar-refractivity contribution is -0.142. The lowest BCUT2D eigenvalue weighted by Crippen LogP contribution is -2.43. The summed E-state index contributed by atoms with van der Waals surface area (Å²) in [6.07, 6.45) is 3.34. The van der Waals surface area contributed by atoms with E-state index >= 15 is 0 Å². The Hall–Kier alpha value is -3.87. The number of methoxy groups -OCH3 is 1. The SMILES string of the molecule is COC(=O)[C@@H](Cc1cnc2ccccc2n1)NC(=O)c1ccnc2ccccc12. The Morgan fingerprint density at radius 3 is 2.48 bits per heavy atom. The van der Waals surface area contributed by atoms with Gasteiger partial charge in [0.05, 0.1) is 34.9 Å². The first kappa shape index (κ1) is 18.5. The van der Waals surface area contributed by atoms with Gasteiger partial charge in [-0.2, -0.15) is 0 Å². The highest BCUT2D eigenvalue weighted by Gasteiger charge is 2.24. The molecule has 1 amide bonds. The number of fused-ring (bicyclic) bond motifs is 2. The van der Waals surface area contributed by atoms with E-state index in [-0.39, 0.29) is 12.3 Å². The second-order valence-corrected chi connectivity index (χ2v) is 6.48. The molecular formula is C22H18N4O3. The number of pyridine rings is 1. The maximum Gasteiger partial charge on any atom is 0.328 e. The van der Waals surface area contributed by atoms with Crippen LogP contribution < -0.4 is 5.32 Å². The zero-order valence-electron chi connectivity index (χ0n) is 15.7. The van der Waals surface area contributed by atoms with Gasteiger partial charge in [-0.1, -0.05) is 30.3 Å². The third-order valence-electron chi connectivity index (χ3n) is 4.60. The fourth-order valence-corrected chi connectivity index (χ4v) is 3.17. The first-order valence-corrected chi connectivity index (χ1v) is 9.09. The number of ether oxygens (including phenoxy) is 1. The van der Waals surface area contributed by atoms with Crippen molar-refractivity contribution in [3.8, 4) is 0 Å². The van der Waals surface area contributed by atoms with E-state index in [2.05, 4.69) is 20.3 Å². The molecule has 0 aliphatic heterocycles. The van der Waals surface area contributed by atoms with Crippen LogP contribution in [0, 0.1) is 0 Å². The van der Waals surface area contributed by atoms with Gasteiger partial charge in [-0.05, 0) is 24.3 Å². The molecule has 2 heterocycles. The van der Waals surface area contributed by atoms with Gasteiger partial charge in [0.1, 0.15) is 6.04 Å². The molecule has 4 rings (SSSR count).